The molecule has 2 fully saturated rings. The van der Waals surface area contributed by atoms with Crippen molar-refractivity contribution in [3.8, 4) is 0 Å². The van der Waals surface area contributed by atoms with Crippen LogP contribution in [0.15, 0.2) is 70.5 Å². The van der Waals surface area contributed by atoms with E-state index in [2.05, 4.69) is 55.7 Å². The molecule has 0 spiro atoms. The Morgan fingerprint density at radius 3 is 2.18 bits per heavy atom. The quantitative estimate of drug-likeness (QED) is 0.361. The second-order valence-corrected chi connectivity index (χ2v) is 14.3. The van der Waals surface area contributed by atoms with Crippen LogP contribution < -0.4 is 10.6 Å². The molecule has 5 nitrogen and oxygen atoms in total. The van der Waals surface area contributed by atoms with Crippen molar-refractivity contribution in [1.82, 2.24) is 10.6 Å². The molecule has 0 aromatic heterocycles. The van der Waals surface area contributed by atoms with Crippen molar-refractivity contribution in [3.63, 3.8) is 0 Å². The summed E-state index contributed by atoms with van der Waals surface area (Å²) < 4.78 is 6.23. The van der Waals surface area contributed by atoms with Crippen LogP contribution in [0.3, 0.4) is 0 Å². The third-order valence-corrected chi connectivity index (χ3v) is 11.8. The highest BCUT2D eigenvalue weighted by Gasteiger charge is 2.44. The molecule has 3 atom stereocenters. The minimum atomic E-state index is -2.05. The normalized spacial score (nSPS) is 22.9. The summed E-state index contributed by atoms with van der Waals surface area (Å²) in [5.41, 5.74) is 0. The standard InChI is InChI=1S/C26H34N2O3S2/c1-26(2,3)33(19-12-6-4-7-13-19,20-14-8-5-9-15-20)31-23(29)17-11-10-16-22-24-21(18-32-22)27-25(30)28-24/h4-9,12-15,21-22,24H,10-11,16-18H2,1-3H3,(H2,27,28,30)/t21?,22-,24?/m0/s1. The smallest absolute Gasteiger partial charge is 0.316 e. The van der Waals surface area contributed by atoms with Crippen LogP contribution in [-0.2, 0) is 8.98 Å². The number of benzene rings is 2. The lowest BCUT2D eigenvalue weighted by Gasteiger charge is -2.49. The van der Waals surface area contributed by atoms with Crippen LogP contribution in [0.5, 0.6) is 0 Å². The molecule has 0 aliphatic carbocycles. The summed E-state index contributed by atoms with van der Waals surface area (Å²) in [6.45, 7) is 6.48. The van der Waals surface area contributed by atoms with Gasteiger partial charge in [-0.2, -0.15) is 11.8 Å². The maximum absolute atomic E-state index is 13.2. The van der Waals surface area contributed by atoms with E-state index >= 15 is 0 Å². The molecule has 0 bridgehead atoms. The first-order valence-corrected chi connectivity index (χ1v) is 14.3. The van der Waals surface area contributed by atoms with Crippen molar-refractivity contribution < 1.29 is 13.8 Å². The summed E-state index contributed by atoms with van der Waals surface area (Å²) in [6.07, 6.45) is 3.13. The van der Waals surface area contributed by atoms with Crippen LogP contribution in [0, 0.1) is 0 Å². The molecule has 7 heteroatoms. The zero-order chi connectivity index (χ0) is 23.5. The molecule has 33 heavy (non-hydrogen) atoms. The third kappa shape index (κ3) is 5.04. The second kappa shape index (κ2) is 10.0. The fraction of sp³-hybridized carbons (Fsp3) is 0.462. The number of unbranched alkanes of at least 4 members (excludes halogenated alkanes) is 1. The fourth-order valence-electron chi connectivity index (χ4n) is 4.73. The van der Waals surface area contributed by atoms with Gasteiger partial charge in [0.05, 0.1) is 12.1 Å². The topological polar surface area (TPSA) is 67.4 Å². The Kier molecular flexibility index (Phi) is 7.29. The van der Waals surface area contributed by atoms with Gasteiger partial charge in [0.15, 0.2) is 0 Å². The summed E-state index contributed by atoms with van der Waals surface area (Å²) in [7, 11) is -2.05. The van der Waals surface area contributed by atoms with Crippen LogP contribution >= 0.6 is 22.1 Å². The highest BCUT2D eigenvalue weighted by Crippen LogP contribution is 2.71. The number of rotatable bonds is 8. The van der Waals surface area contributed by atoms with Crippen LogP contribution in [-0.4, -0.2) is 39.8 Å². The summed E-state index contributed by atoms with van der Waals surface area (Å²) in [4.78, 5) is 26.9. The molecule has 2 amide bonds. The molecular weight excluding hydrogens is 452 g/mol. The van der Waals surface area contributed by atoms with Gasteiger partial charge in [0.25, 0.3) is 0 Å². The molecule has 4 rings (SSSR count). The van der Waals surface area contributed by atoms with Gasteiger partial charge in [-0.1, -0.05) is 42.8 Å². The van der Waals surface area contributed by atoms with Crippen LogP contribution in [0.4, 0.5) is 4.79 Å². The Morgan fingerprint density at radius 1 is 1.00 bits per heavy atom. The van der Waals surface area contributed by atoms with Gasteiger partial charge in [0.1, 0.15) is 0 Å². The summed E-state index contributed by atoms with van der Waals surface area (Å²) in [5.74, 6) is 0.822. The lowest BCUT2D eigenvalue weighted by molar-refractivity contribution is -0.133. The zero-order valence-electron chi connectivity index (χ0n) is 19.6. The van der Waals surface area contributed by atoms with Gasteiger partial charge in [0, 0.05) is 32.0 Å². The van der Waals surface area contributed by atoms with E-state index in [9.17, 15) is 9.59 Å². The van der Waals surface area contributed by atoms with E-state index in [4.69, 9.17) is 4.18 Å². The summed E-state index contributed by atoms with van der Waals surface area (Å²) >= 11 is 1.91. The van der Waals surface area contributed by atoms with Crippen LogP contribution in [0.2, 0.25) is 0 Å². The van der Waals surface area contributed by atoms with E-state index in [1.54, 1.807) is 0 Å². The number of urea groups is 1. The minimum Gasteiger partial charge on any atom is -0.406 e. The molecule has 2 aliphatic rings. The highest BCUT2D eigenvalue weighted by atomic mass is 32.3. The second-order valence-electron chi connectivity index (χ2n) is 9.62. The number of hydrogen-bond donors (Lipinski definition) is 2. The van der Waals surface area contributed by atoms with Crippen molar-refractivity contribution in [3.05, 3.63) is 60.7 Å². The van der Waals surface area contributed by atoms with Gasteiger partial charge >= 0.3 is 12.0 Å². The average molecular weight is 487 g/mol. The van der Waals surface area contributed by atoms with Gasteiger partial charge in [-0.05, 0) is 68.2 Å². The number of carbonyl (C=O) groups is 2. The van der Waals surface area contributed by atoms with Crippen molar-refractivity contribution in [2.75, 3.05) is 5.75 Å². The molecule has 2 saturated heterocycles. The van der Waals surface area contributed by atoms with Gasteiger partial charge < -0.3 is 14.8 Å². The van der Waals surface area contributed by atoms with Crippen molar-refractivity contribution in [2.24, 2.45) is 0 Å². The van der Waals surface area contributed by atoms with Crippen LogP contribution in [0.1, 0.15) is 46.5 Å². The lowest BCUT2D eigenvalue weighted by atomic mass is 10.0. The molecule has 0 radical (unpaired) electrons. The largest absolute Gasteiger partial charge is 0.406 e. The molecule has 2 aromatic rings. The van der Waals surface area contributed by atoms with E-state index in [-0.39, 0.29) is 28.8 Å². The molecule has 0 saturated carbocycles. The van der Waals surface area contributed by atoms with Crippen molar-refractivity contribution >= 4 is 34.1 Å². The number of amides is 2. The van der Waals surface area contributed by atoms with Gasteiger partial charge in [-0.25, -0.2) is 4.79 Å². The van der Waals surface area contributed by atoms with Gasteiger partial charge in [-0.3, -0.25) is 4.79 Å². The number of hydrogen-bond acceptors (Lipinski definition) is 4. The molecule has 2 heterocycles. The summed E-state index contributed by atoms with van der Waals surface area (Å²) in [6, 6.07) is 20.8. The monoisotopic (exact) mass is 486 g/mol. The minimum absolute atomic E-state index is 0.0535. The fourth-order valence-corrected chi connectivity index (χ4v) is 9.84. The maximum Gasteiger partial charge on any atom is 0.316 e. The molecule has 2 unspecified atom stereocenters. The molecular formula is C26H34N2O3S2. The first-order chi connectivity index (χ1) is 15.8. The number of carbonyl (C=O) groups excluding carboxylic acids is 2. The Hall–Kier alpha value is -2.12. The average Bonchev–Trinajstić information content (AvgIpc) is 3.34. The SMILES string of the molecule is CC(C)(C)S(OC(=O)CCCC[C@@H]1SCC2NC(=O)NC21)(c1ccccc1)c1ccccc1. The van der Waals surface area contributed by atoms with Gasteiger partial charge in [0.2, 0.25) is 0 Å². The molecule has 2 N–H and O–H groups in total. The third-order valence-electron chi connectivity index (χ3n) is 6.29. The molecule has 2 aliphatic heterocycles. The Bertz CT molecular complexity index is 923. The van der Waals surface area contributed by atoms with Crippen molar-refractivity contribution in [1.29, 1.82) is 0 Å². The number of thioether (sulfide) groups is 1. The van der Waals surface area contributed by atoms with Crippen LogP contribution in [0.25, 0.3) is 0 Å². The summed E-state index contributed by atoms with van der Waals surface area (Å²) in [5, 5.41) is 6.44. The number of fused-ring (bicyclic) bond motifs is 1. The Labute approximate surface area is 203 Å². The van der Waals surface area contributed by atoms with E-state index in [1.807, 2.05) is 48.2 Å². The first kappa shape index (κ1) is 24.0. The predicted molar refractivity (Wildman–Crippen MR) is 137 cm³/mol. The first-order valence-electron chi connectivity index (χ1n) is 11.7. The van der Waals surface area contributed by atoms with E-state index in [0.717, 1.165) is 34.8 Å². The van der Waals surface area contributed by atoms with E-state index < -0.39 is 10.3 Å². The Balaban J connectivity index is 1.43. The van der Waals surface area contributed by atoms with Crippen molar-refractivity contribution in [2.45, 2.75) is 78.3 Å². The maximum atomic E-state index is 13.2. The number of nitrogens with one attached hydrogen (secondary N) is 2. The van der Waals surface area contributed by atoms with E-state index in [0.29, 0.717) is 11.7 Å². The van der Waals surface area contributed by atoms with Gasteiger partial charge in [-0.15, -0.1) is 0 Å². The predicted octanol–water partition coefficient (Wildman–Crippen LogP) is 5.89. The van der Waals surface area contributed by atoms with E-state index in [1.165, 1.54) is 0 Å². The molecule has 2 aromatic carbocycles. The zero-order valence-corrected chi connectivity index (χ0v) is 21.2. The molecule has 178 valence electrons. The lowest BCUT2D eigenvalue weighted by Crippen LogP contribution is -2.36. The highest BCUT2D eigenvalue weighted by molar-refractivity contribution is 8.31. The Morgan fingerprint density at radius 2 is 1.61 bits per heavy atom.